The Labute approximate surface area is 615 Å². The molecule has 10 rings (SSSR count). The summed E-state index contributed by atoms with van der Waals surface area (Å²) in [5.41, 5.74) is 15.3. The lowest BCUT2D eigenvalue weighted by Gasteiger charge is -2.12. The summed E-state index contributed by atoms with van der Waals surface area (Å²) in [7, 11) is 9.31. The summed E-state index contributed by atoms with van der Waals surface area (Å²) in [5, 5.41) is 43.4. The number of aliphatic imine (C=N–C) groups is 1. The fraction of sp³-hybridized carbons (Fsp3) is 0.141. The first-order chi connectivity index (χ1) is 50.4. The summed E-state index contributed by atoms with van der Waals surface area (Å²) in [5.74, 6) is 1.23. The molecule has 8 aromatic carbocycles. The van der Waals surface area contributed by atoms with Crippen LogP contribution in [-0.4, -0.2) is 118 Å². The average molecular weight is 1470 g/mol. The van der Waals surface area contributed by atoms with Crippen LogP contribution in [0.1, 0.15) is 100 Å². The van der Waals surface area contributed by atoms with Crippen molar-refractivity contribution < 1.29 is 67.7 Å². The zero-order chi connectivity index (χ0) is 74.3. The van der Waals surface area contributed by atoms with Gasteiger partial charge in [0.25, 0.3) is 29.7 Å². The molecule has 1 unspecified atom stereocenters. The number of ether oxygens (including phenoxy) is 7. The van der Waals surface area contributed by atoms with Crippen LogP contribution >= 0.6 is 34.8 Å². The van der Waals surface area contributed by atoms with Crippen LogP contribution in [0.25, 0.3) is 24.3 Å². The second kappa shape index (κ2) is 39.5. The Morgan fingerprint density at radius 3 is 1.35 bits per heavy atom. The monoisotopic (exact) mass is 1460 g/mol. The van der Waals surface area contributed by atoms with Crippen molar-refractivity contribution >= 4 is 107 Å². The molecule has 1 fully saturated rings. The molecule has 9 aromatic rings. The number of aryl methyl sites for hydroxylation is 1. The molecule has 1 aromatic heterocycles. The number of aromatic hydroxyl groups is 3. The second-order valence-corrected chi connectivity index (χ2v) is 23.2. The van der Waals surface area contributed by atoms with Gasteiger partial charge in [0.2, 0.25) is 6.10 Å². The predicted molar refractivity (Wildman–Crippen MR) is 404 cm³/mol. The molecule has 7 N–H and O–H groups in total. The molecule has 0 saturated carbocycles. The number of phenolic OH excluding ortho intramolecular Hbond substituents is 3. The molecule has 104 heavy (non-hydrogen) atoms. The van der Waals surface area contributed by atoms with Crippen molar-refractivity contribution in [1.29, 1.82) is 0 Å². The standard InChI is InChI=1S/C28H25ClN4O6.C27H27ClN2O4.C23H20ClN3O4/c1-37-23-14-17(16-31-33-26(35)20-10-11-22(34)21(29)15-20)13-19(24(23)38-2)9-6-12-30-28-32-27(36)25(39-28)18-7-4-3-5-8-18;1-33-25-16-20(18-29-30-27(32)22-13-14-24(31)23(28)17-22)15-21(26(25)34-2)12-8-4-7-11-19-9-5-3-6-10-19;1-30-21-12-15(14-26-27-23(29)17-7-9-20(28)19(24)13-17)11-16(22(21)31-2)6-8-18-5-3-4-10-25-18/h3-11,13-16,25,34H,12H2,1-2H3,(H,33,35)(H,30,32,36);3,5-6,8-10,12-18,31H,4,7,11H2,1-2H3,(H,30,32);3-14,28H,1-2H3,(H,27,29)/b9-6+,31-16+;12-8+,29-18+;8-6+,26-14+. The number of amidine groups is 1. The molecule has 26 heteroatoms. The number of nitrogens with one attached hydrogen (secondary N) is 4. The predicted octanol–water partition coefficient (Wildman–Crippen LogP) is 14.3. The third-order valence-corrected chi connectivity index (χ3v) is 15.8. The van der Waals surface area contributed by atoms with E-state index in [1.807, 2.05) is 85.0 Å². The molecule has 1 aliphatic heterocycles. The molecule has 2 heterocycles. The number of phenols is 3. The molecule has 534 valence electrons. The van der Waals surface area contributed by atoms with E-state index < -0.39 is 23.8 Å². The fourth-order valence-corrected chi connectivity index (χ4v) is 10.4. The van der Waals surface area contributed by atoms with Crippen LogP contribution in [0.15, 0.2) is 209 Å². The Kier molecular flexibility index (Phi) is 29.4. The maximum atomic E-state index is 12.3. The molecule has 0 aliphatic carbocycles. The van der Waals surface area contributed by atoms with E-state index in [9.17, 15) is 34.5 Å². The second-order valence-electron chi connectivity index (χ2n) is 21.9. The van der Waals surface area contributed by atoms with Crippen LogP contribution < -0.4 is 50.0 Å². The highest BCUT2D eigenvalue weighted by atomic mass is 35.5. The number of nitrogens with zero attached hydrogens (tertiary/aromatic N) is 5. The summed E-state index contributed by atoms with van der Waals surface area (Å²) in [4.78, 5) is 57.6. The molecule has 0 spiro atoms. The molecular formula is C78H72Cl3N9O14. The van der Waals surface area contributed by atoms with E-state index in [2.05, 4.69) is 77.2 Å². The number of pyridine rings is 1. The number of rotatable bonds is 26. The van der Waals surface area contributed by atoms with Crippen LogP contribution in [-0.2, 0) is 16.0 Å². The van der Waals surface area contributed by atoms with Crippen molar-refractivity contribution in [2.75, 3.05) is 49.2 Å². The van der Waals surface area contributed by atoms with Gasteiger partial charge in [-0.2, -0.15) is 15.3 Å². The number of hydrazone groups is 3. The lowest BCUT2D eigenvalue weighted by molar-refractivity contribution is -0.123. The van der Waals surface area contributed by atoms with Gasteiger partial charge in [0.05, 0.1) is 88.6 Å². The minimum Gasteiger partial charge on any atom is -0.506 e. The van der Waals surface area contributed by atoms with Gasteiger partial charge in [0.1, 0.15) is 17.2 Å². The maximum absolute atomic E-state index is 12.3. The first-order valence-electron chi connectivity index (χ1n) is 31.7. The zero-order valence-electron chi connectivity index (χ0n) is 57.0. The van der Waals surface area contributed by atoms with Gasteiger partial charge in [-0.3, -0.25) is 29.5 Å². The maximum Gasteiger partial charge on any atom is 0.292 e. The fourth-order valence-electron chi connectivity index (χ4n) is 9.81. The number of carbonyl (C=O) groups excluding carboxylic acids is 4. The van der Waals surface area contributed by atoms with Crippen LogP contribution in [0.4, 0.5) is 0 Å². The first kappa shape index (κ1) is 77.3. The van der Waals surface area contributed by atoms with Crippen LogP contribution in [0.2, 0.25) is 15.1 Å². The molecule has 0 radical (unpaired) electrons. The third-order valence-electron chi connectivity index (χ3n) is 14.9. The van der Waals surface area contributed by atoms with Crippen LogP contribution in [0.3, 0.4) is 0 Å². The van der Waals surface area contributed by atoms with Gasteiger partial charge in [0, 0.05) is 45.1 Å². The summed E-state index contributed by atoms with van der Waals surface area (Å²) in [6.45, 7) is 0.228. The topological polar surface area (TPSA) is 304 Å². The van der Waals surface area contributed by atoms with Gasteiger partial charge in [-0.05, 0) is 157 Å². The number of carbonyl (C=O) groups is 4. The summed E-state index contributed by atoms with van der Waals surface area (Å²) in [6.07, 6.45) is 19.8. The molecule has 1 saturated heterocycles. The number of halogens is 3. The SMILES string of the molecule is COc1cc(/C=N/NC(=O)c2ccc(O)c(Cl)c2)cc(/C=C/CCCc2ccccc2)c1OC.COc1cc(/C=N/NC(=O)c2ccc(O)c(Cl)c2)cc(/C=C/CN=C2NC(=O)C(c3ccccc3)O2)c1OC.COc1cc(/C=N/NC(=O)c2ccc(O)c(Cl)c2)cc(/C=C/c2ccccn2)c1OC. The molecule has 1 aliphatic rings. The number of hydrogen-bond donors (Lipinski definition) is 7. The summed E-state index contributed by atoms with van der Waals surface area (Å²) in [6, 6.07) is 48.5. The lowest BCUT2D eigenvalue weighted by Crippen LogP contribution is -2.22. The van der Waals surface area contributed by atoms with E-state index in [4.69, 9.17) is 68.0 Å². The molecule has 1 atom stereocenters. The van der Waals surface area contributed by atoms with Crippen molar-refractivity contribution in [3.63, 3.8) is 0 Å². The Bertz CT molecular complexity index is 4690. The smallest absolute Gasteiger partial charge is 0.292 e. The number of benzene rings is 8. The summed E-state index contributed by atoms with van der Waals surface area (Å²) >= 11 is 17.6. The number of amides is 4. The van der Waals surface area contributed by atoms with Gasteiger partial charge in [-0.1, -0.05) is 126 Å². The highest BCUT2D eigenvalue weighted by Gasteiger charge is 2.32. The third kappa shape index (κ3) is 22.5. The van der Waals surface area contributed by atoms with Crippen molar-refractivity contribution in [3.8, 4) is 51.7 Å². The number of unbranched alkanes of at least 4 members (excludes halogenated alkanes) is 1. The van der Waals surface area contributed by atoms with E-state index in [1.54, 1.807) is 71.1 Å². The minimum atomic E-state index is -0.735. The van der Waals surface area contributed by atoms with Crippen molar-refractivity contribution in [2.24, 2.45) is 20.3 Å². The van der Waals surface area contributed by atoms with Gasteiger partial charge in [-0.15, -0.1) is 0 Å². The van der Waals surface area contributed by atoms with Crippen LogP contribution in [0.5, 0.6) is 51.7 Å². The highest BCUT2D eigenvalue weighted by Crippen LogP contribution is 2.37. The number of allylic oxidation sites excluding steroid dienone is 1. The Morgan fingerprint density at radius 2 is 0.933 bits per heavy atom. The Hall–Kier alpha value is -12.4. The number of aromatic nitrogens is 1. The van der Waals surface area contributed by atoms with E-state index in [0.29, 0.717) is 51.2 Å². The van der Waals surface area contributed by atoms with E-state index in [-0.39, 0.29) is 67.5 Å². The van der Waals surface area contributed by atoms with Crippen molar-refractivity contribution in [3.05, 3.63) is 270 Å². The highest BCUT2D eigenvalue weighted by molar-refractivity contribution is 6.33. The van der Waals surface area contributed by atoms with Gasteiger partial charge >= 0.3 is 0 Å². The summed E-state index contributed by atoms with van der Waals surface area (Å²) < 4.78 is 38.6. The normalized spacial score (nSPS) is 12.9. The van der Waals surface area contributed by atoms with Gasteiger partial charge < -0.3 is 48.5 Å². The minimum absolute atomic E-state index is 0.0611. The molecular weight excluding hydrogens is 1390 g/mol. The van der Waals surface area contributed by atoms with Gasteiger partial charge in [-0.25, -0.2) is 21.3 Å². The molecule has 0 bridgehead atoms. The Balaban J connectivity index is 0.000000199. The van der Waals surface area contributed by atoms with Crippen molar-refractivity contribution in [1.82, 2.24) is 26.6 Å². The number of methoxy groups -OCH3 is 6. The van der Waals surface area contributed by atoms with Crippen LogP contribution in [0, 0.1) is 0 Å². The quantitative estimate of drug-likeness (QED) is 0.0151. The average Bonchev–Trinajstić information content (AvgIpc) is 1.13. The largest absolute Gasteiger partial charge is 0.506 e. The van der Waals surface area contributed by atoms with E-state index in [0.717, 1.165) is 47.2 Å². The number of hydrogen-bond acceptors (Lipinski definition) is 19. The van der Waals surface area contributed by atoms with E-state index >= 15 is 0 Å². The van der Waals surface area contributed by atoms with Crippen molar-refractivity contribution in [2.45, 2.75) is 25.4 Å². The van der Waals surface area contributed by atoms with Gasteiger partial charge in [0.15, 0.2) is 34.5 Å². The van der Waals surface area contributed by atoms with E-state index in [1.165, 1.54) is 93.0 Å². The lowest BCUT2D eigenvalue weighted by atomic mass is 10.1. The first-order valence-corrected chi connectivity index (χ1v) is 32.8. The molecule has 4 amide bonds. The zero-order valence-corrected chi connectivity index (χ0v) is 59.3. The molecule has 23 nitrogen and oxygen atoms in total. The Morgan fingerprint density at radius 1 is 0.510 bits per heavy atom.